The molecule has 0 aliphatic carbocycles. The van der Waals surface area contributed by atoms with Gasteiger partial charge < -0.3 is 10.5 Å². The van der Waals surface area contributed by atoms with Crippen LogP contribution >= 0.6 is 15.9 Å². The van der Waals surface area contributed by atoms with E-state index in [4.69, 9.17) is 10.5 Å². The largest absolute Gasteiger partial charge is 0.483 e. The Morgan fingerprint density at radius 2 is 2.19 bits per heavy atom. The van der Waals surface area contributed by atoms with Crippen LogP contribution in [0.25, 0.3) is 10.8 Å². The first-order valence-electron chi connectivity index (χ1n) is 4.62. The summed E-state index contributed by atoms with van der Waals surface area (Å²) in [6, 6.07) is 5.51. The van der Waals surface area contributed by atoms with Gasteiger partial charge in [-0.25, -0.2) is 0 Å². The van der Waals surface area contributed by atoms with E-state index in [9.17, 15) is 4.79 Å². The number of amides is 1. The van der Waals surface area contributed by atoms with Gasteiger partial charge in [0.25, 0.3) is 5.91 Å². The van der Waals surface area contributed by atoms with Gasteiger partial charge in [-0.05, 0) is 18.2 Å². The summed E-state index contributed by atoms with van der Waals surface area (Å²) in [4.78, 5) is 14.7. The number of rotatable bonds is 3. The first-order chi connectivity index (χ1) is 7.68. The molecule has 0 radical (unpaired) electrons. The number of hydrogen-bond donors (Lipinski definition) is 1. The number of carbonyl (C=O) groups is 1. The van der Waals surface area contributed by atoms with Crippen molar-refractivity contribution in [3.05, 3.63) is 35.1 Å². The van der Waals surface area contributed by atoms with Crippen LogP contribution in [0.1, 0.15) is 0 Å². The Hall–Kier alpha value is -1.62. The standard InChI is InChI=1S/C11H9BrN2O2/c12-9-1-2-10(16-6-11(13)15)8-5-14-4-3-7(8)9/h1-5H,6H2,(H2,13,15). The molecule has 2 N–H and O–H groups in total. The van der Waals surface area contributed by atoms with Gasteiger partial charge in [-0.1, -0.05) is 15.9 Å². The number of nitrogens with two attached hydrogens (primary N) is 1. The van der Waals surface area contributed by atoms with Gasteiger partial charge in [0.1, 0.15) is 5.75 Å². The molecule has 82 valence electrons. The lowest BCUT2D eigenvalue weighted by atomic mass is 10.1. The zero-order chi connectivity index (χ0) is 11.5. The maximum atomic E-state index is 10.6. The molecule has 1 amide bonds. The van der Waals surface area contributed by atoms with Crippen LogP contribution in [0.15, 0.2) is 35.1 Å². The van der Waals surface area contributed by atoms with E-state index in [1.807, 2.05) is 12.1 Å². The predicted molar refractivity (Wildman–Crippen MR) is 64.1 cm³/mol. The number of halogens is 1. The Labute approximate surface area is 101 Å². The molecule has 4 nitrogen and oxygen atoms in total. The molecule has 0 saturated carbocycles. The molecule has 1 aromatic carbocycles. The van der Waals surface area contributed by atoms with Crippen molar-refractivity contribution in [2.45, 2.75) is 0 Å². The molecule has 0 aliphatic rings. The Bertz CT molecular complexity index is 542. The topological polar surface area (TPSA) is 65.2 Å². The number of nitrogens with zero attached hydrogens (tertiary/aromatic N) is 1. The summed E-state index contributed by atoms with van der Waals surface area (Å²) in [5, 5.41) is 1.83. The average molecular weight is 281 g/mol. The fraction of sp³-hybridized carbons (Fsp3) is 0.0909. The molecule has 0 bridgehead atoms. The average Bonchev–Trinajstić information content (AvgIpc) is 2.28. The molecule has 2 aromatic rings. The van der Waals surface area contributed by atoms with Gasteiger partial charge in [0.15, 0.2) is 6.61 Å². The molecule has 0 unspecified atom stereocenters. The van der Waals surface area contributed by atoms with E-state index >= 15 is 0 Å². The van der Waals surface area contributed by atoms with Gasteiger partial charge in [-0.15, -0.1) is 0 Å². The molecule has 2 rings (SSSR count). The lowest BCUT2D eigenvalue weighted by Crippen LogP contribution is -2.20. The minimum absolute atomic E-state index is 0.133. The molecule has 0 fully saturated rings. The highest BCUT2D eigenvalue weighted by molar-refractivity contribution is 9.10. The van der Waals surface area contributed by atoms with E-state index in [0.717, 1.165) is 15.2 Å². The SMILES string of the molecule is NC(=O)COc1ccc(Br)c2ccncc12. The predicted octanol–water partition coefficient (Wildman–Crippen LogP) is 1.86. The van der Waals surface area contributed by atoms with Crippen LogP contribution in [0.4, 0.5) is 0 Å². The van der Waals surface area contributed by atoms with Crippen LogP contribution in [-0.4, -0.2) is 17.5 Å². The molecule has 0 atom stereocenters. The zero-order valence-corrected chi connectivity index (χ0v) is 9.90. The zero-order valence-electron chi connectivity index (χ0n) is 8.31. The molecular formula is C11H9BrN2O2. The summed E-state index contributed by atoms with van der Waals surface area (Å²) in [7, 11) is 0. The third-order valence-electron chi connectivity index (χ3n) is 2.09. The second kappa shape index (κ2) is 4.49. The number of benzene rings is 1. The van der Waals surface area contributed by atoms with Crippen LogP contribution < -0.4 is 10.5 Å². The fourth-order valence-electron chi connectivity index (χ4n) is 1.40. The molecule has 5 heteroatoms. The quantitative estimate of drug-likeness (QED) is 0.933. The van der Waals surface area contributed by atoms with Crippen LogP contribution in [0.5, 0.6) is 5.75 Å². The minimum atomic E-state index is -0.500. The fourth-order valence-corrected chi connectivity index (χ4v) is 1.88. The minimum Gasteiger partial charge on any atom is -0.483 e. The molecule has 0 spiro atoms. The number of fused-ring (bicyclic) bond motifs is 1. The van der Waals surface area contributed by atoms with E-state index in [0.29, 0.717) is 5.75 Å². The van der Waals surface area contributed by atoms with Crippen molar-refractivity contribution in [1.82, 2.24) is 4.98 Å². The van der Waals surface area contributed by atoms with Crippen LogP contribution in [0, 0.1) is 0 Å². The third-order valence-corrected chi connectivity index (χ3v) is 2.79. The normalized spacial score (nSPS) is 10.3. The van der Waals surface area contributed by atoms with Crippen molar-refractivity contribution < 1.29 is 9.53 Å². The Kier molecular flexibility index (Phi) is 3.05. The molecule has 0 aliphatic heterocycles. The first-order valence-corrected chi connectivity index (χ1v) is 5.41. The van der Waals surface area contributed by atoms with E-state index in [1.54, 1.807) is 18.5 Å². The van der Waals surface area contributed by atoms with Crippen molar-refractivity contribution >= 4 is 32.6 Å². The number of carbonyl (C=O) groups excluding carboxylic acids is 1. The summed E-state index contributed by atoms with van der Waals surface area (Å²) >= 11 is 3.44. The van der Waals surface area contributed by atoms with Gasteiger partial charge in [0.05, 0.1) is 0 Å². The summed E-state index contributed by atoms with van der Waals surface area (Å²) < 4.78 is 6.26. The summed E-state index contributed by atoms with van der Waals surface area (Å²) in [5.41, 5.74) is 5.03. The van der Waals surface area contributed by atoms with Crippen molar-refractivity contribution in [3.8, 4) is 5.75 Å². The summed E-state index contributed by atoms with van der Waals surface area (Å²) in [5.74, 6) is 0.102. The number of aromatic nitrogens is 1. The van der Waals surface area contributed by atoms with Crippen molar-refractivity contribution in [3.63, 3.8) is 0 Å². The molecule has 16 heavy (non-hydrogen) atoms. The van der Waals surface area contributed by atoms with Crippen molar-refractivity contribution in [2.75, 3.05) is 6.61 Å². The number of pyridine rings is 1. The number of primary amides is 1. The smallest absolute Gasteiger partial charge is 0.255 e. The lowest BCUT2D eigenvalue weighted by Gasteiger charge is -2.08. The highest BCUT2D eigenvalue weighted by Gasteiger charge is 2.06. The number of hydrogen-bond acceptors (Lipinski definition) is 3. The van der Waals surface area contributed by atoms with Gasteiger partial charge >= 0.3 is 0 Å². The van der Waals surface area contributed by atoms with Crippen molar-refractivity contribution in [2.24, 2.45) is 5.73 Å². The molecular weight excluding hydrogens is 272 g/mol. The van der Waals surface area contributed by atoms with Crippen LogP contribution in [0.3, 0.4) is 0 Å². The third kappa shape index (κ3) is 2.14. The Morgan fingerprint density at radius 3 is 2.94 bits per heavy atom. The maximum absolute atomic E-state index is 10.6. The summed E-state index contributed by atoms with van der Waals surface area (Å²) in [6.07, 6.45) is 3.39. The van der Waals surface area contributed by atoms with Gasteiger partial charge in [0.2, 0.25) is 0 Å². The van der Waals surface area contributed by atoms with Crippen LogP contribution in [0.2, 0.25) is 0 Å². The highest BCUT2D eigenvalue weighted by atomic mass is 79.9. The second-order valence-electron chi connectivity index (χ2n) is 3.22. The Morgan fingerprint density at radius 1 is 1.38 bits per heavy atom. The molecule has 1 heterocycles. The van der Waals surface area contributed by atoms with Crippen LogP contribution in [-0.2, 0) is 4.79 Å². The van der Waals surface area contributed by atoms with E-state index in [1.165, 1.54) is 0 Å². The van der Waals surface area contributed by atoms with E-state index < -0.39 is 5.91 Å². The Balaban J connectivity index is 2.46. The monoisotopic (exact) mass is 280 g/mol. The number of ether oxygens (including phenoxy) is 1. The lowest BCUT2D eigenvalue weighted by molar-refractivity contribution is -0.119. The summed E-state index contributed by atoms with van der Waals surface area (Å²) in [6.45, 7) is -0.133. The van der Waals surface area contributed by atoms with E-state index in [-0.39, 0.29) is 6.61 Å². The first kappa shape index (κ1) is 10.9. The molecule has 0 saturated heterocycles. The second-order valence-corrected chi connectivity index (χ2v) is 4.08. The van der Waals surface area contributed by atoms with Crippen molar-refractivity contribution in [1.29, 1.82) is 0 Å². The van der Waals surface area contributed by atoms with Gasteiger partial charge in [0, 0.05) is 27.6 Å². The maximum Gasteiger partial charge on any atom is 0.255 e. The van der Waals surface area contributed by atoms with Gasteiger partial charge in [-0.2, -0.15) is 0 Å². The van der Waals surface area contributed by atoms with Gasteiger partial charge in [-0.3, -0.25) is 9.78 Å². The van der Waals surface area contributed by atoms with E-state index in [2.05, 4.69) is 20.9 Å². The highest BCUT2D eigenvalue weighted by Crippen LogP contribution is 2.30. The molecule has 1 aromatic heterocycles.